The summed E-state index contributed by atoms with van der Waals surface area (Å²) in [5.41, 5.74) is 4.00. The Kier molecular flexibility index (Phi) is 2.78. The largest absolute Gasteiger partial charge is 0.491 e. The molecular formula is C15H20N2O. The third kappa shape index (κ3) is 1.89. The molecule has 0 saturated heterocycles. The summed E-state index contributed by atoms with van der Waals surface area (Å²) in [4.78, 5) is 3.53. The standard InChI is InChI=1S/C15H20N2O/c1-9(2)18-11-4-5-14-13(8-11)12-6-7-16-10(3)15(12)17-14/h4-5,8-10,16-17H,6-7H2,1-3H3. The van der Waals surface area contributed by atoms with Crippen molar-refractivity contribution in [2.45, 2.75) is 39.3 Å². The fraction of sp³-hybridized carbons (Fsp3) is 0.467. The zero-order valence-electron chi connectivity index (χ0n) is 11.2. The van der Waals surface area contributed by atoms with Gasteiger partial charge in [-0.1, -0.05) is 0 Å². The molecule has 1 aromatic carbocycles. The fourth-order valence-corrected chi connectivity index (χ4v) is 2.75. The molecule has 1 aromatic heterocycles. The molecule has 0 spiro atoms. The molecule has 2 N–H and O–H groups in total. The van der Waals surface area contributed by atoms with Gasteiger partial charge in [-0.15, -0.1) is 0 Å². The second-order valence-electron chi connectivity index (χ2n) is 5.32. The van der Waals surface area contributed by atoms with Crippen LogP contribution in [-0.2, 0) is 6.42 Å². The number of ether oxygens (including phenoxy) is 1. The molecule has 2 heterocycles. The van der Waals surface area contributed by atoms with Crippen LogP contribution in [0, 0.1) is 0 Å². The maximum Gasteiger partial charge on any atom is 0.120 e. The van der Waals surface area contributed by atoms with Crippen LogP contribution in [0.15, 0.2) is 18.2 Å². The van der Waals surface area contributed by atoms with Gasteiger partial charge in [0.1, 0.15) is 5.75 Å². The van der Waals surface area contributed by atoms with Gasteiger partial charge in [-0.2, -0.15) is 0 Å². The van der Waals surface area contributed by atoms with Gasteiger partial charge in [-0.3, -0.25) is 0 Å². The van der Waals surface area contributed by atoms with Crippen LogP contribution in [0.3, 0.4) is 0 Å². The molecule has 0 bridgehead atoms. The van der Waals surface area contributed by atoms with E-state index in [0.29, 0.717) is 6.04 Å². The predicted molar refractivity (Wildman–Crippen MR) is 74.2 cm³/mol. The van der Waals surface area contributed by atoms with E-state index in [1.807, 2.05) is 6.07 Å². The van der Waals surface area contributed by atoms with Crippen molar-refractivity contribution in [1.29, 1.82) is 0 Å². The topological polar surface area (TPSA) is 37.0 Å². The molecule has 1 unspecified atom stereocenters. The van der Waals surface area contributed by atoms with E-state index in [1.54, 1.807) is 0 Å². The maximum absolute atomic E-state index is 5.78. The summed E-state index contributed by atoms with van der Waals surface area (Å²) in [6.07, 6.45) is 1.31. The Hall–Kier alpha value is -1.48. The summed E-state index contributed by atoms with van der Waals surface area (Å²) < 4.78 is 5.78. The summed E-state index contributed by atoms with van der Waals surface area (Å²) in [6.45, 7) is 7.38. The zero-order valence-corrected chi connectivity index (χ0v) is 11.2. The first-order valence-electron chi connectivity index (χ1n) is 6.69. The lowest BCUT2D eigenvalue weighted by Gasteiger charge is -2.20. The van der Waals surface area contributed by atoms with E-state index in [2.05, 4.69) is 43.2 Å². The number of benzene rings is 1. The molecule has 1 aliphatic heterocycles. The van der Waals surface area contributed by atoms with Gasteiger partial charge in [-0.05, 0) is 57.5 Å². The molecule has 1 atom stereocenters. The Morgan fingerprint density at radius 1 is 1.33 bits per heavy atom. The van der Waals surface area contributed by atoms with Crippen molar-refractivity contribution in [2.75, 3.05) is 6.54 Å². The highest BCUT2D eigenvalue weighted by Gasteiger charge is 2.20. The number of H-pyrrole nitrogens is 1. The van der Waals surface area contributed by atoms with Gasteiger partial charge in [0.05, 0.1) is 6.10 Å². The lowest BCUT2D eigenvalue weighted by molar-refractivity contribution is 0.243. The van der Waals surface area contributed by atoms with E-state index < -0.39 is 0 Å². The molecule has 0 saturated carbocycles. The van der Waals surface area contributed by atoms with Gasteiger partial charge >= 0.3 is 0 Å². The number of aromatic nitrogens is 1. The quantitative estimate of drug-likeness (QED) is 0.851. The molecule has 0 aliphatic carbocycles. The van der Waals surface area contributed by atoms with Crippen LogP contribution in [0.1, 0.15) is 38.1 Å². The molecule has 0 amide bonds. The normalized spacial score (nSPS) is 19.2. The lowest BCUT2D eigenvalue weighted by atomic mass is 10.0. The van der Waals surface area contributed by atoms with Crippen LogP contribution >= 0.6 is 0 Å². The Labute approximate surface area is 108 Å². The molecule has 0 radical (unpaired) electrons. The number of aromatic amines is 1. The minimum absolute atomic E-state index is 0.220. The van der Waals surface area contributed by atoms with Crippen molar-refractivity contribution in [3.8, 4) is 5.75 Å². The van der Waals surface area contributed by atoms with E-state index in [-0.39, 0.29) is 6.10 Å². The van der Waals surface area contributed by atoms with Crippen LogP contribution in [0.2, 0.25) is 0 Å². The van der Waals surface area contributed by atoms with Crippen molar-refractivity contribution in [3.63, 3.8) is 0 Å². The van der Waals surface area contributed by atoms with Crippen molar-refractivity contribution >= 4 is 10.9 Å². The SMILES string of the molecule is CC(C)Oc1ccc2[nH]c3c(c2c1)CCNC3C. The molecule has 3 nitrogen and oxygen atoms in total. The highest BCUT2D eigenvalue weighted by Crippen LogP contribution is 2.32. The Bertz CT molecular complexity index is 571. The minimum Gasteiger partial charge on any atom is -0.491 e. The third-order valence-electron chi connectivity index (χ3n) is 3.54. The van der Waals surface area contributed by atoms with Crippen LogP contribution in [0.25, 0.3) is 10.9 Å². The Morgan fingerprint density at radius 3 is 2.94 bits per heavy atom. The summed E-state index contributed by atoms with van der Waals surface area (Å²) in [7, 11) is 0. The van der Waals surface area contributed by atoms with E-state index in [9.17, 15) is 0 Å². The molecule has 0 fully saturated rings. The van der Waals surface area contributed by atoms with Crippen molar-refractivity contribution in [2.24, 2.45) is 0 Å². The smallest absolute Gasteiger partial charge is 0.120 e. The summed E-state index contributed by atoms with van der Waals surface area (Å²) >= 11 is 0. The first-order valence-corrected chi connectivity index (χ1v) is 6.69. The van der Waals surface area contributed by atoms with Gasteiger partial charge in [0.2, 0.25) is 0 Å². The van der Waals surface area contributed by atoms with Gasteiger partial charge in [0.15, 0.2) is 0 Å². The molecule has 1 aliphatic rings. The molecule has 96 valence electrons. The maximum atomic E-state index is 5.78. The Morgan fingerprint density at radius 2 is 2.17 bits per heavy atom. The zero-order chi connectivity index (χ0) is 12.7. The molecule has 3 rings (SSSR count). The van der Waals surface area contributed by atoms with Crippen LogP contribution in [0.4, 0.5) is 0 Å². The van der Waals surface area contributed by atoms with Crippen molar-refractivity contribution < 1.29 is 4.74 Å². The third-order valence-corrected chi connectivity index (χ3v) is 3.54. The number of rotatable bonds is 2. The van der Waals surface area contributed by atoms with Crippen LogP contribution < -0.4 is 10.1 Å². The van der Waals surface area contributed by atoms with Crippen molar-refractivity contribution in [1.82, 2.24) is 10.3 Å². The Balaban J connectivity index is 2.10. The number of hydrogen-bond acceptors (Lipinski definition) is 2. The first kappa shape index (κ1) is 11.6. The summed E-state index contributed by atoms with van der Waals surface area (Å²) in [6, 6.07) is 6.75. The summed E-state index contributed by atoms with van der Waals surface area (Å²) in [5.74, 6) is 0.963. The highest BCUT2D eigenvalue weighted by molar-refractivity contribution is 5.86. The average molecular weight is 244 g/mol. The van der Waals surface area contributed by atoms with Crippen LogP contribution in [0.5, 0.6) is 5.75 Å². The van der Waals surface area contributed by atoms with E-state index >= 15 is 0 Å². The molecule has 3 heteroatoms. The van der Waals surface area contributed by atoms with Gasteiger partial charge < -0.3 is 15.0 Å². The predicted octanol–water partition coefficient (Wildman–Crippen LogP) is 3.16. The van der Waals surface area contributed by atoms with Gasteiger partial charge in [-0.25, -0.2) is 0 Å². The number of fused-ring (bicyclic) bond motifs is 3. The number of hydrogen-bond donors (Lipinski definition) is 2. The second-order valence-corrected chi connectivity index (χ2v) is 5.32. The molecular weight excluding hydrogens is 224 g/mol. The highest BCUT2D eigenvalue weighted by atomic mass is 16.5. The van der Waals surface area contributed by atoms with E-state index in [0.717, 1.165) is 18.7 Å². The first-order chi connectivity index (χ1) is 8.65. The number of nitrogens with one attached hydrogen (secondary N) is 2. The molecule has 18 heavy (non-hydrogen) atoms. The van der Waals surface area contributed by atoms with Crippen LogP contribution in [-0.4, -0.2) is 17.6 Å². The molecule has 2 aromatic rings. The van der Waals surface area contributed by atoms with Gasteiger partial charge in [0.25, 0.3) is 0 Å². The second kappa shape index (κ2) is 4.32. The monoisotopic (exact) mass is 244 g/mol. The van der Waals surface area contributed by atoms with E-state index in [1.165, 1.54) is 22.2 Å². The average Bonchev–Trinajstić information content (AvgIpc) is 2.68. The van der Waals surface area contributed by atoms with E-state index in [4.69, 9.17) is 4.74 Å². The fourth-order valence-electron chi connectivity index (χ4n) is 2.75. The van der Waals surface area contributed by atoms with Crippen molar-refractivity contribution in [3.05, 3.63) is 29.5 Å². The minimum atomic E-state index is 0.220. The summed E-state index contributed by atoms with van der Waals surface area (Å²) in [5, 5.41) is 4.80. The van der Waals surface area contributed by atoms with Gasteiger partial charge in [0, 0.05) is 22.6 Å². The lowest BCUT2D eigenvalue weighted by Crippen LogP contribution is -2.27.